The van der Waals surface area contributed by atoms with Crippen LogP contribution in [0.3, 0.4) is 0 Å². The molecule has 3 rings (SSSR count). The largest absolute Gasteiger partial charge is 0.497 e. The summed E-state index contributed by atoms with van der Waals surface area (Å²) in [6.07, 6.45) is 0. The summed E-state index contributed by atoms with van der Waals surface area (Å²) in [6.45, 7) is 0.757. The average Bonchev–Trinajstić information content (AvgIpc) is 3.10. The van der Waals surface area contributed by atoms with Crippen LogP contribution < -0.4 is 28.4 Å². The van der Waals surface area contributed by atoms with Crippen LogP contribution in [-0.2, 0) is 14.2 Å². The molecule has 0 aliphatic rings. The SMILES string of the molecule is COc1cc(OC)cc(C(=O)OCCN(CCOC(=O)c2cc(OC)cc(OC)c2)CCOC(=O)c2cc(OC)cc(OC)c2)c1. The highest BCUT2D eigenvalue weighted by molar-refractivity contribution is 5.91. The summed E-state index contributed by atoms with van der Waals surface area (Å²) in [5.74, 6) is 0.935. The lowest BCUT2D eigenvalue weighted by atomic mass is 10.2. The lowest BCUT2D eigenvalue weighted by Crippen LogP contribution is -2.35. The summed E-state index contributed by atoms with van der Waals surface area (Å²) in [5.41, 5.74) is 0.772. The van der Waals surface area contributed by atoms with E-state index in [1.54, 1.807) is 54.6 Å². The van der Waals surface area contributed by atoms with Gasteiger partial charge in [0.15, 0.2) is 0 Å². The lowest BCUT2D eigenvalue weighted by molar-refractivity contribution is 0.0330. The van der Waals surface area contributed by atoms with Crippen LogP contribution in [0.15, 0.2) is 54.6 Å². The van der Waals surface area contributed by atoms with Crippen LogP contribution in [-0.4, -0.2) is 105 Å². The van der Waals surface area contributed by atoms with Crippen LogP contribution >= 0.6 is 0 Å². The van der Waals surface area contributed by atoms with Gasteiger partial charge in [0, 0.05) is 37.8 Å². The first-order chi connectivity index (χ1) is 22.2. The van der Waals surface area contributed by atoms with Crippen molar-refractivity contribution in [3.8, 4) is 34.5 Å². The summed E-state index contributed by atoms with van der Waals surface area (Å²) in [5, 5.41) is 0. The number of methoxy groups -OCH3 is 6. The van der Waals surface area contributed by atoms with Gasteiger partial charge in [-0.1, -0.05) is 0 Å². The van der Waals surface area contributed by atoms with E-state index in [1.165, 1.54) is 42.7 Å². The first-order valence-electron chi connectivity index (χ1n) is 14.2. The standard InChI is InChI=1S/C33H39NO12/c1-38-25-13-22(14-26(19-25)39-2)31(35)44-10-7-34(8-11-45-32(36)23-15-27(40-3)20-28(16-23)41-4)9-12-46-33(37)24-17-29(42-5)21-30(18-24)43-6/h13-21H,7-12H2,1-6H3. The van der Waals surface area contributed by atoms with E-state index in [1.807, 2.05) is 4.90 Å². The lowest BCUT2D eigenvalue weighted by Gasteiger charge is -2.22. The van der Waals surface area contributed by atoms with Gasteiger partial charge in [0.05, 0.1) is 59.3 Å². The molecule has 0 N–H and O–H groups in total. The molecule has 0 radical (unpaired) electrons. The van der Waals surface area contributed by atoms with E-state index in [9.17, 15) is 14.4 Å². The fourth-order valence-corrected chi connectivity index (χ4v) is 4.16. The van der Waals surface area contributed by atoms with Gasteiger partial charge in [-0.05, 0) is 36.4 Å². The predicted molar refractivity (Wildman–Crippen MR) is 166 cm³/mol. The summed E-state index contributed by atoms with van der Waals surface area (Å²) in [7, 11) is 8.90. The molecule has 0 aliphatic carbocycles. The molecule has 0 spiro atoms. The number of hydrogen-bond acceptors (Lipinski definition) is 13. The third kappa shape index (κ3) is 10.5. The van der Waals surface area contributed by atoms with E-state index in [0.717, 1.165) is 0 Å². The minimum Gasteiger partial charge on any atom is -0.497 e. The van der Waals surface area contributed by atoms with Crippen LogP contribution in [0.1, 0.15) is 31.1 Å². The zero-order valence-corrected chi connectivity index (χ0v) is 26.8. The normalized spacial score (nSPS) is 10.5. The minimum absolute atomic E-state index is 0.000414. The second-order valence-corrected chi connectivity index (χ2v) is 9.55. The van der Waals surface area contributed by atoms with Gasteiger partial charge < -0.3 is 42.6 Å². The van der Waals surface area contributed by atoms with Crippen LogP contribution in [0.4, 0.5) is 0 Å². The Bertz CT molecular complexity index is 1230. The van der Waals surface area contributed by atoms with E-state index in [-0.39, 0.29) is 56.1 Å². The Morgan fingerprint density at radius 3 is 0.826 bits per heavy atom. The molecular weight excluding hydrogens is 602 g/mol. The van der Waals surface area contributed by atoms with Gasteiger partial charge in [0.1, 0.15) is 54.3 Å². The first-order valence-corrected chi connectivity index (χ1v) is 14.2. The average molecular weight is 642 g/mol. The third-order valence-electron chi connectivity index (χ3n) is 6.68. The first kappa shape index (κ1) is 35.3. The summed E-state index contributed by atoms with van der Waals surface area (Å²) >= 11 is 0. The van der Waals surface area contributed by atoms with Crippen molar-refractivity contribution in [3.05, 3.63) is 71.3 Å². The van der Waals surface area contributed by atoms with Gasteiger partial charge in [-0.3, -0.25) is 4.90 Å². The maximum Gasteiger partial charge on any atom is 0.338 e. The summed E-state index contributed by atoms with van der Waals surface area (Å²) in [4.78, 5) is 40.1. The molecule has 0 saturated heterocycles. The number of hydrogen-bond donors (Lipinski definition) is 0. The van der Waals surface area contributed by atoms with E-state index in [2.05, 4.69) is 0 Å². The van der Waals surface area contributed by atoms with Gasteiger partial charge >= 0.3 is 17.9 Å². The zero-order chi connectivity index (χ0) is 33.5. The van der Waals surface area contributed by atoms with Crippen molar-refractivity contribution >= 4 is 17.9 Å². The van der Waals surface area contributed by atoms with Gasteiger partial charge in [-0.25, -0.2) is 14.4 Å². The van der Waals surface area contributed by atoms with Crippen molar-refractivity contribution < 1.29 is 57.0 Å². The second-order valence-electron chi connectivity index (χ2n) is 9.55. The van der Waals surface area contributed by atoms with Crippen LogP contribution in [0.5, 0.6) is 34.5 Å². The number of esters is 3. The van der Waals surface area contributed by atoms with E-state index in [4.69, 9.17) is 42.6 Å². The molecule has 0 bridgehead atoms. The number of ether oxygens (including phenoxy) is 9. The molecule has 0 atom stereocenters. The number of carbonyl (C=O) groups excluding carboxylic acids is 3. The Kier molecular flexibility index (Phi) is 13.8. The molecule has 0 amide bonds. The van der Waals surface area contributed by atoms with E-state index in [0.29, 0.717) is 34.5 Å². The van der Waals surface area contributed by atoms with Crippen LogP contribution in [0.2, 0.25) is 0 Å². The summed E-state index contributed by atoms with van der Waals surface area (Å²) < 4.78 is 47.8. The summed E-state index contributed by atoms with van der Waals surface area (Å²) in [6, 6.07) is 14.2. The fourth-order valence-electron chi connectivity index (χ4n) is 4.16. The maximum atomic E-state index is 12.8. The number of rotatable bonds is 18. The Labute approximate surface area is 267 Å². The van der Waals surface area contributed by atoms with Crippen LogP contribution in [0.25, 0.3) is 0 Å². The fraction of sp³-hybridized carbons (Fsp3) is 0.364. The van der Waals surface area contributed by atoms with Crippen molar-refractivity contribution in [2.45, 2.75) is 0 Å². The molecule has 3 aromatic rings. The molecule has 0 unspecified atom stereocenters. The Morgan fingerprint density at radius 1 is 0.413 bits per heavy atom. The van der Waals surface area contributed by atoms with Gasteiger partial charge in [0.25, 0.3) is 0 Å². The zero-order valence-electron chi connectivity index (χ0n) is 26.8. The van der Waals surface area contributed by atoms with Gasteiger partial charge in [-0.2, -0.15) is 0 Å². The Hall–Kier alpha value is -5.17. The molecule has 3 aromatic carbocycles. The molecule has 13 nitrogen and oxygen atoms in total. The van der Waals surface area contributed by atoms with Crippen molar-refractivity contribution in [1.29, 1.82) is 0 Å². The third-order valence-corrected chi connectivity index (χ3v) is 6.68. The predicted octanol–water partition coefficient (Wildman–Crippen LogP) is 3.91. The topological polar surface area (TPSA) is 138 Å². The van der Waals surface area contributed by atoms with Crippen molar-refractivity contribution in [2.24, 2.45) is 0 Å². The molecule has 0 aromatic heterocycles. The molecule has 46 heavy (non-hydrogen) atoms. The monoisotopic (exact) mass is 641 g/mol. The van der Waals surface area contributed by atoms with Gasteiger partial charge in [0.2, 0.25) is 0 Å². The van der Waals surface area contributed by atoms with E-state index >= 15 is 0 Å². The molecule has 0 aliphatic heterocycles. The van der Waals surface area contributed by atoms with Crippen LogP contribution in [0, 0.1) is 0 Å². The van der Waals surface area contributed by atoms with Gasteiger partial charge in [-0.15, -0.1) is 0 Å². The van der Waals surface area contributed by atoms with E-state index < -0.39 is 17.9 Å². The molecule has 0 fully saturated rings. The number of carbonyl (C=O) groups is 3. The Morgan fingerprint density at radius 2 is 0.630 bits per heavy atom. The Balaban J connectivity index is 1.63. The number of benzene rings is 3. The molecule has 13 heteroatoms. The smallest absolute Gasteiger partial charge is 0.338 e. The quantitative estimate of drug-likeness (QED) is 0.147. The highest BCUT2D eigenvalue weighted by Gasteiger charge is 2.17. The van der Waals surface area contributed by atoms with Crippen molar-refractivity contribution in [1.82, 2.24) is 4.90 Å². The highest BCUT2D eigenvalue weighted by Crippen LogP contribution is 2.25. The number of nitrogens with zero attached hydrogens (tertiary/aromatic N) is 1. The van der Waals surface area contributed by atoms with Crippen molar-refractivity contribution in [2.75, 3.05) is 82.1 Å². The second kappa shape index (κ2) is 18.0. The molecule has 0 saturated carbocycles. The molecule has 0 heterocycles. The molecular formula is C33H39NO12. The minimum atomic E-state index is -0.575. The molecule has 248 valence electrons. The maximum absolute atomic E-state index is 12.8. The highest BCUT2D eigenvalue weighted by atomic mass is 16.5. The van der Waals surface area contributed by atoms with Crippen molar-refractivity contribution in [3.63, 3.8) is 0 Å².